The second-order valence-electron chi connectivity index (χ2n) is 21.5. The molecule has 0 bridgehead atoms. The topological polar surface area (TPSA) is 228 Å². The number of hydrogen-bond donors (Lipinski definition) is 9. The number of nitrogens with one attached hydrogen (secondary N) is 1. The van der Waals surface area contributed by atoms with Crippen LogP contribution < -0.4 is 5.32 Å². The predicted molar refractivity (Wildman–Crippen MR) is 313 cm³/mol. The van der Waals surface area contributed by atoms with E-state index in [1.54, 1.807) is 0 Å². The van der Waals surface area contributed by atoms with E-state index in [0.29, 0.717) is 12.8 Å². The van der Waals surface area contributed by atoms with Crippen LogP contribution in [-0.2, 0) is 23.7 Å². The van der Waals surface area contributed by atoms with Crippen LogP contribution in [0.5, 0.6) is 0 Å². The summed E-state index contributed by atoms with van der Waals surface area (Å²) in [5.41, 5.74) is 0. The molecule has 2 aliphatic rings. The maximum absolute atomic E-state index is 13.3. The van der Waals surface area contributed by atoms with Crippen molar-refractivity contribution in [1.82, 2.24) is 5.32 Å². The van der Waals surface area contributed by atoms with Gasteiger partial charge in [0.1, 0.15) is 48.8 Å². The minimum Gasteiger partial charge on any atom is -0.394 e. The fraction of sp³-hybridized carbons (Fsp3) is 0.766. The van der Waals surface area contributed by atoms with Gasteiger partial charge in [-0.3, -0.25) is 4.79 Å². The molecule has 14 nitrogen and oxygen atoms in total. The summed E-state index contributed by atoms with van der Waals surface area (Å²) in [7, 11) is 0. The smallest absolute Gasteiger partial charge is 0.220 e. The van der Waals surface area contributed by atoms with Crippen LogP contribution in [-0.4, -0.2) is 140 Å². The van der Waals surface area contributed by atoms with Gasteiger partial charge in [0.05, 0.1) is 32.0 Å². The Morgan fingerprint density at radius 1 is 0.474 bits per heavy atom. The number of unbranched alkanes of at least 4 members (excludes halogenated alkanes) is 21. The molecule has 2 heterocycles. The second-order valence-corrected chi connectivity index (χ2v) is 21.5. The van der Waals surface area contributed by atoms with Crippen molar-refractivity contribution in [2.75, 3.05) is 19.8 Å². The van der Waals surface area contributed by atoms with E-state index in [1.807, 2.05) is 0 Å². The number of rotatable bonds is 48. The van der Waals surface area contributed by atoms with Gasteiger partial charge in [-0.15, -0.1) is 0 Å². The van der Waals surface area contributed by atoms with Gasteiger partial charge in [-0.25, -0.2) is 0 Å². The summed E-state index contributed by atoms with van der Waals surface area (Å²) in [5, 5.41) is 87.3. The van der Waals surface area contributed by atoms with E-state index in [2.05, 4.69) is 104 Å². The molecule has 0 aromatic carbocycles. The number of aliphatic hydroxyl groups is 8. The Kier molecular flexibility index (Phi) is 44.6. The number of carbonyl (C=O) groups excluding carboxylic acids is 1. The van der Waals surface area contributed by atoms with Gasteiger partial charge in [0.25, 0.3) is 0 Å². The lowest BCUT2D eigenvalue weighted by Crippen LogP contribution is -2.65. The van der Waals surface area contributed by atoms with Gasteiger partial charge >= 0.3 is 0 Å². The summed E-state index contributed by atoms with van der Waals surface area (Å²) in [5.74, 6) is -0.221. The Morgan fingerprint density at radius 3 is 1.36 bits per heavy atom. The summed E-state index contributed by atoms with van der Waals surface area (Å²) in [6, 6.07) is -0.840. The van der Waals surface area contributed by atoms with Crippen LogP contribution in [0.3, 0.4) is 0 Å². The molecular formula is C64H111NO13. The SMILES string of the molecule is CC/C=C\C/C=C\C/C=C\C/C=C\C/C=C\C/C=C\C/C=C\CCCCCCCCCC(=O)NC(COC1OC(CO)C(OC2OC(CO)C(O)C(O)C2O)C(O)C1O)C(O)CCCCCCCCCCCCCCCCC. The molecule has 0 aliphatic carbocycles. The van der Waals surface area contributed by atoms with Crippen LogP contribution in [0, 0.1) is 0 Å². The van der Waals surface area contributed by atoms with Gasteiger partial charge in [0, 0.05) is 6.42 Å². The first-order chi connectivity index (χ1) is 38.1. The maximum Gasteiger partial charge on any atom is 0.220 e. The first kappa shape index (κ1) is 71.3. The van der Waals surface area contributed by atoms with Gasteiger partial charge in [-0.2, -0.15) is 0 Å². The van der Waals surface area contributed by atoms with Crippen molar-refractivity contribution in [3.05, 3.63) is 85.1 Å². The highest BCUT2D eigenvalue weighted by molar-refractivity contribution is 5.76. The average Bonchev–Trinajstić information content (AvgIpc) is 3.47. The lowest BCUT2D eigenvalue weighted by atomic mass is 9.97. The minimum atomic E-state index is -1.79. The first-order valence-corrected chi connectivity index (χ1v) is 30.8. The molecule has 12 atom stereocenters. The van der Waals surface area contributed by atoms with Gasteiger partial charge in [0.2, 0.25) is 5.91 Å². The fourth-order valence-electron chi connectivity index (χ4n) is 9.69. The van der Waals surface area contributed by atoms with Gasteiger partial charge in [-0.05, 0) is 70.6 Å². The van der Waals surface area contributed by atoms with Crippen LogP contribution >= 0.6 is 0 Å². The summed E-state index contributed by atoms with van der Waals surface area (Å²) in [6.07, 6.45) is 48.6. The number of allylic oxidation sites excluding steroid dienone is 14. The Balaban J connectivity index is 1.72. The van der Waals surface area contributed by atoms with E-state index >= 15 is 0 Å². The standard InChI is InChI=1S/C64H111NO13/c1-3-5-7-9-11-13-15-17-19-20-21-22-23-24-25-26-27-28-29-30-31-32-34-36-38-40-42-44-46-48-56(69)65-52(53(68)47-45-43-41-39-37-35-33-18-16-14-12-10-8-6-4-2)51-75-63-61(74)59(72)62(55(50-67)77-63)78-64-60(73)58(71)57(70)54(49-66)76-64/h5,7,11,13,17,19,21-22,24-25,27-28,30-31,52-55,57-64,66-68,70-74H,3-4,6,8-10,12,14-16,18,20,23,26,29,32-51H2,1-2H3,(H,65,69)/b7-5-,13-11-,19-17-,22-21-,25-24-,28-27-,31-30-. The third kappa shape index (κ3) is 33.8. The fourth-order valence-corrected chi connectivity index (χ4v) is 9.69. The van der Waals surface area contributed by atoms with E-state index in [4.69, 9.17) is 18.9 Å². The molecule has 0 radical (unpaired) electrons. The first-order valence-electron chi connectivity index (χ1n) is 30.8. The molecule has 14 heteroatoms. The molecular weight excluding hydrogens is 991 g/mol. The minimum absolute atomic E-state index is 0.221. The molecule has 0 saturated carbocycles. The Morgan fingerprint density at radius 2 is 0.885 bits per heavy atom. The van der Waals surface area contributed by atoms with Gasteiger partial charge in [-0.1, -0.05) is 227 Å². The number of aliphatic hydroxyl groups excluding tert-OH is 8. The van der Waals surface area contributed by atoms with Crippen LogP contribution in [0.25, 0.3) is 0 Å². The Labute approximate surface area is 471 Å². The van der Waals surface area contributed by atoms with E-state index in [-0.39, 0.29) is 18.9 Å². The normalized spacial score (nSPS) is 25.2. The maximum atomic E-state index is 13.3. The molecule has 9 N–H and O–H groups in total. The molecule has 2 saturated heterocycles. The number of ether oxygens (including phenoxy) is 4. The molecule has 2 fully saturated rings. The molecule has 0 aromatic rings. The zero-order chi connectivity index (χ0) is 56.7. The molecule has 0 aromatic heterocycles. The average molecular weight is 1100 g/mol. The molecule has 0 spiro atoms. The number of amides is 1. The highest BCUT2D eigenvalue weighted by Crippen LogP contribution is 2.30. The molecule has 1 amide bonds. The quantitative estimate of drug-likeness (QED) is 0.0204. The molecule has 12 unspecified atom stereocenters. The van der Waals surface area contributed by atoms with Gasteiger partial charge < -0.3 is 65.1 Å². The van der Waals surface area contributed by atoms with Crippen molar-refractivity contribution in [3.63, 3.8) is 0 Å². The molecule has 450 valence electrons. The summed E-state index contributed by atoms with van der Waals surface area (Å²) in [6.45, 7) is 2.73. The number of hydrogen-bond acceptors (Lipinski definition) is 13. The third-order valence-electron chi connectivity index (χ3n) is 14.6. The van der Waals surface area contributed by atoms with E-state index < -0.39 is 86.8 Å². The lowest BCUT2D eigenvalue weighted by molar-refractivity contribution is -0.359. The molecule has 2 rings (SSSR count). The highest BCUT2D eigenvalue weighted by Gasteiger charge is 2.51. The van der Waals surface area contributed by atoms with Crippen LogP contribution in [0.1, 0.15) is 219 Å². The van der Waals surface area contributed by atoms with Crippen LogP contribution in [0.2, 0.25) is 0 Å². The van der Waals surface area contributed by atoms with E-state index in [1.165, 1.54) is 77.0 Å². The highest BCUT2D eigenvalue weighted by atomic mass is 16.7. The van der Waals surface area contributed by atoms with Crippen molar-refractivity contribution in [2.45, 2.75) is 293 Å². The summed E-state index contributed by atoms with van der Waals surface area (Å²) < 4.78 is 22.8. The second kappa shape index (κ2) is 48.8. The third-order valence-corrected chi connectivity index (χ3v) is 14.6. The Hall–Kier alpha value is -2.83. The lowest BCUT2D eigenvalue weighted by Gasteiger charge is -2.46. The monoisotopic (exact) mass is 1100 g/mol. The van der Waals surface area contributed by atoms with Gasteiger partial charge in [0.15, 0.2) is 12.6 Å². The van der Waals surface area contributed by atoms with E-state index in [0.717, 1.165) is 109 Å². The van der Waals surface area contributed by atoms with Crippen LogP contribution in [0.4, 0.5) is 0 Å². The largest absolute Gasteiger partial charge is 0.394 e. The molecule has 2 aliphatic heterocycles. The van der Waals surface area contributed by atoms with Crippen molar-refractivity contribution in [2.24, 2.45) is 0 Å². The van der Waals surface area contributed by atoms with Crippen molar-refractivity contribution in [1.29, 1.82) is 0 Å². The zero-order valence-electron chi connectivity index (χ0n) is 48.4. The van der Waals surface area contributed by atoms with Crippen molar-refractivity contribution >= 4 is 5.91 Å². The molecule has 78 heavy (non-hydrogen) atoms. The summed E-state index contributed by atoms with van der Waals surface area (Å²) in [4.78, 5) is 13.3. The predicted octanol–water partition coefficient (Wildman–Crippen LogP) is 10.9. The van der Waals surface area contributed by atoms with E-state index in [9.17, 15) is 45.6 Å². The number of carbonyl (C=O) groups is 1. The van der Waals surface area contributed by atoms with Crippen molar-refractivity contribution in [3.8, 4) is 0 Å². The van der Waals surface area contributed by atoms with Crippen LogP contribution in [0.15, 0.2) is 85.1 Å². The van der Waals surface area contributed by atoms with Crippen molar-refractivity contribution < 1.29 is 64.6 Å². The zero-order valence-corrected chi connectivity index (χ0v) is 48.4. The summed E-state index contributed by atoms with van der Waals surface area (Å²) >= 11 is 0. The Bertz CT molecular complexity index is 1630.